The van der Waals surface area contributed by atoms with Crippen molar-refractivity contribution < 1.29 is 28.5 Å². The van der Waals surface area contributed by atoms with Gasteiger partial charge in [0.15, 0.2) is 0 Å². The molecule has 0 aromatic heterocycles. The van der Waals surface area contributed by atoms with Crippen molar-refractivity contribution in [1.29, 1.82) is 0 Å². The maximum absolute atomic E-state index is 2.25. The normalized spacial score (nSPS) is 10.9. The number of hydrogen-bond acceptors (Lipinski definition) is 0. The lowest BCUT2D eigenvalue weighted by Gasteiger charge is -2.23. The summed E-state index contributed by atoms with van der Waals surface area (Å²) in [6, 6.07) is 10.7. The molecule has 0 atom stereocenters. The predicted octanol–water partition coefficient (Wildman–Crippen LogP) is -0.280. The first kappa shape index (κ1) is 14.9. The van der Waals surface area contributed by atoms with E-state index in [1.807, 2.05) is 0 Å². The summed E-state index contributed by atoms with van der Waals surface area (Å²) >= 11 is 0. The lowest BCUT2D eigenvalue weighted by atomic mass is 10.1. The lowest BCUT2D eigenvalue weighted by Crippen LogP contribution is -3.00. The summed E-state index contributed by atoms with van der Waals surface area (Å²) in [5.41, 5.74) is 1.47. The Bertz CT molecular complexity index is 251. The average molecular weight is 319 g/mol. The van der Waals surface area contributed by atoms with Crippen LogP contribution in [0.25, 0.3) is 0 Å². The molecule has 0 unspecified atom stereocenters. The van der Waals surface area contributed by atoms with Crippen LogP contribution in [0, 0.1) is 0 Å². The summed E-state index contributed by atoms with van der Waals surface area (Å²) in [5, 5.41) is 0. The van der Waals surface area contributed by atoms with E-state index in [0.717, 1.165) is 4.48 Å². The van der Waals surface area contributed by atoms with Gasteiger partial charge in [-0.2, -0.15) is 0 Å². The van der Waals surface area contributed by atoms with E-state index in [2.05, 4.69) is 51.5 Å². The second-order valence-electron chi connectivity index (χ2n) is 4.96. The third-order valence-electron chi connectivity index (χ3n) is 2.39. The Morgan fingerprint density at radius 2 is 1.53 bits per heavy atom. The van der Waals surface area contributed by atoms with Gasteiger partial charge in [-0.3, -0.25) is 0 Å². The van der Waals surface area contributed by atoms with Gasteiger partial charge in [0.2, 0.25) is 0 Å². The fraction of sp³-hybridized carbons (Fsp3) is 0.538. The number of benzene rings is 1. The first-order chi connectivity index (χ1) is 6.58. The highest BCUT2D eigenvalue weighted by molar-refractivity contribution is 5.14. The lowest BCUT2D eigenvalue weighted by molar-refractivity contribution is -0.870. The van der Waals surface area contributed by atoms with Gasteiger partial charge >= 0.3 is 0 Å². The van der Waals surface area contributed by atoms with Crippen LogP contribution < -0.4 is 24.0 Å². The molecule has 1 nitrogen and oxygen atoms in total. The molecule has 15 heavy (non-hydrogen) atoms. The molecule has 1 rings (SSSR count). The van der Waals surface area contributed by atoms with Crippen molar-refractivity contribution in [3.8, 4) is 0 Å². The van der Waals surface area contributed by atoms with Gasteiger partial charge in [0.25, 0.3) is 0 Å². The van der Waals surface area contributed by atoms with E-state index in [1.54, 1.807) is 0 Å². The van der Waals surface area contributed by atoms with Gasteiger partial charge in [0.1, 0.15) is 0 Å². The highest BCUT2D eigenvalue weighted by Gasteiger charge is 2.05. The van der Waals surface area contributed by atoms with E-state index in [9.17, 15) is 0 Å². The van der Waals surface area contributed by atoms with Crippen LogP contribution >= 0.6 is 0 Å². The smallest absolute Gasteiger partial charge is 0.0780 e. The average Bonchev–Trinajstić information content (AvgIpc) is 2.13. The number of nitrogens with zero attached hydrogens (tertiary/aromatic N) is 1. The fourth-order valence-electron chi connectivity index (χ4n) is 1.56. The van der Waals surface area contributed by atoms with Crippen molar-refractivity contribution in [3.63, 3.8) is 0 Å². The molecule has 0 radical (unpaired) electrons. The summed E-state index contributed by atoms with van der Waals surface area (Å²) in [6.45, 7) is 1.27. The van der Waals surface area contributed by atoms with Crippen LogP contribution in [0.2, 0.25) is 0 Å². The van der Waals surface area contributed by atoms with Gasteiger partial charge in [-0.1, -0.05) is 30.3 Å². The van der Waals surface area contributed by atoms with Crippen LogP contribution in [0.3, 0.4) is 0 Å². The molecular formula is C13H22IN. The second-order valence-corrected chi connectivity index (χ2v) is 4.96. The third-order valence-corrected chi connectivity index (χ3v) is 2.39. The van der Waals surface area contributed by atoms with Crippen molar-refractivity contribution in [2.75, 3.05) is 27.7 Å². The van der Waals surface area contributed by atoms with Crippen molar-refractivity contribution in [1.82, 2.24) is 0 Å². The van der Waals surface area contributed by atoms with Crippen molar-refractivity contribution >= 4 is 0 Å². The van der Waals surface area contributed by atoms with Crippen LogP contribution in [-0.2, 0) is 6.42 Å². The molecule has 0 N–H and O–H groups in total. The Morgan fingerprint density at radius 3 is 2.07 bits per heavy atom. The molecule has 2 heteroatoms. The van der Waals surface area contributed by atoms with Crippen LogP contribution in [0.1, 0.15) is 18.4 Å². The Labute approximate surface area is 111 Å². The second kappa shape index (κ2) is 7.23. The quantitative estimate of drug-likeness (QED) is 0.398. The SMILES string of the molecule is C[N+](C)(C)CCCCc1ccccc1.[I-]. The van der Waals surface area contributed by atoms with Gasteiger partial charge < -0.3 is 28.5 Å². The minimum absolute atomic E-state index is 0. The zero-order valence-corrected chi connectivity index (χ0v) is 12.2. The number of hydrogen-bond donors (Lipinski definition) is 0. The van der Waals surface area contributed by atoms with Crippen LogP contribution in [0.4, 0.5) is 0 Å². The van der Waals surface area contributed by atoms with Crippen molar-refractivity contribution in [2.24, 2.45) is 0 Å². The topological polar surface area (TPSA) is 0 Å². The number of aryl methyl sites for hydroxylation is 1. The molecule has 0 aliphatic heterocycles. The minimum atomic E-state index is 0. The molecule has 0 saturated carbocycles. The zero-order chi connectivity index (χ0) is 10.4. The van der Waals surface area contributed by atoms with E-state index in [-0.39, 0.29) is 24.0 Å². The minimum Gasteiger partial charge on any atom is -1.00 e. The van der Waals surface area contributed by atoms with Gasteiger partial charge in [-0.15, -0.1) is 0 Å². The Balaban J connectivity index is 0.00000196. The largest absolute Gasteiger partial charge is 1.00 e. The molecule has 86 valence electrons. The molecule has 0 heterocycles. The molecule has 0 fully saturated rings. The van der Waals surface area contributed by atoms with E-state index < -0.39 is 0 Å². The molecule has 0 bridgehead atoms. The maximum Gasteiger partial charge on any atom is 0.0780 e. The van der Waals surface area contributed by atoms with E-state index >= 15 is 0 Å². The van der Waals surface area contributed by atoms with Crippen molar-refractivity contribution in [3.05, 3.63) is 35.9 Å². The highest BCUT2D eigenvalue weighted by Crippen LogP contribution is 2.05. The molecule has 1 aromatic carbocycles. The molecule has 0 aliphatic rings. The molecular weight excluding hydrogens is 297 g/mol. The van der Waals surface area contributed by atoms with Gasteiger partial charge in [0, 0.05) is 0 Å². The molecule has 0 saturated heterocycles. The molecule has 0 aliphatic carbocycles. The number of rotatable bonds is 5. The first-order valence-electron chi connectivity index (χ1n) is 5.42. The third kappa shape index (κ3) is 7.79. The van der Waals surface area contributed by atoms with E-state index in [4.69, 9.17) is 0 Å². The maximum atomic E-state index is 2.25. The summed E-state index contributed by atoms with van der Waals surface area (Å²) in [4.78, 5) is 0. The Kier molecular flexibility index (Phi) is 7.18. The van der Waals surface area contributed by atoms with Gasteiger partial charge in [-0.05, 0) is 24.8 Å². The Hall–Kier alpha value is -0.0900. The van der Waals surface area contributed by atoms with E-state index in [0.29, 0.717) is 0 Å². The summed E-state index contributed by atoms with van der Waals surface area (Å²) in [6.07, 6.45) is 3.85. The molecule has 0 amide bonds. The van der Waals surface area contributed by atoms with Crippen LogP contribution in [-0.4, -0.2) is 32.2 Å². The monoisotopic (exact) mass is 319 g/mol. The van der Waals surface area contributed by atoms with E-state index in [1.165, 1.54) is 31.4 Å². The predicted molar refractivity (Wildman–Crippen MR) is 62.3 cm³/mol. The Morgan fingerprint density at radius 1 is 0.933 bits per heavy atom. The zero-order valence-electron chi connectivity index (χ0n) is 10.0. The number of unbranched alkanes of at least 4 members (excludes halogenated alkanes) is 1. The van der Waals surface area contributed by atoms with Crippen molar-refractivity contribution in [2.45, 2.75) is 19.3 Å². The first-order valence-corrected chi connectivity index (χ1v) is 5.42. The van der Waals surface area contributed by atoms with Gasteiger partial charge in [-0.25, -0.2) is 0 Å². The summed E-state index contributed by atoms with van der Waals surface area (Å²) < 4.78 is 1.08. The van der Waals surface area contributed by atoms with Crippen LogP contribution in [0.5, 0.6) is 0 Å². The number of halogens is 1. The van der Waals surface area contributed by atoms with Gasteiger partial charge in [0.05, 0.1) is 27.7 Å². The molecule has 1 aromatic rings. The molecule has 0 spiro atoms. The fourth-order valence-corrected chi connectivity index (χ4v) is 1.56. The standard InChI is InChI=1S/C13H22N.HI/c1-14(2,3)12-8-7-11-13-9-5-4-6-10-13;/h4-6,9-10H,7-8,11-12H2,1-3H3;1H/q+1;/p-1. The number of quaternary nitrogens is 1. The highest BCUT2D eigenvalue weighted by atomic mass is 127. The summed E-state index contributed by atoms with van der Waals surface area (Å²) in [5.74, 6) is 0. The van der Waals surface area contributed by atoms with Crippen LogP contribution in [0.15, 0.2) is 30.3 Å². The summed E-state index contributed by atoms with van der Waals surface area (Å²) in [7, 11) is 6.76.